The topological polar surface area (TPSA) is 86.8 Å². The normalized spacial score (nSPS) is 14.7. The summed E-state index contributed by atoms with van der Waals surface area (Å²) in [6.07, 6.45) is 5.00. The second-order valence-corrected chi connectivity index (χ2v) is 12.8. The van der Waals surface area contributed by atoms with Crippen LogP contribution in [0.2, 0.25) is 5.02 Å². The van der Waals surface area contributed by atoms with Crippen LogP contribution in [0.15, 0.2) is 77.7 Å². The van der Waals surface area contributed by atoms with Crippen LogP contribution >= 0.6 is 11.6 Å². The van der Waals surface area contributed by atoms with Gasteiger partial charge in [-0.2, -0.15) is 0 Å². The van der Waals surface area contributed by atoms with E-state index in [0.29, 0.717) is 5.02 Å². The summed E-state index contributed by atoms with van der Waals surface area (Å²) in [5.74, 6) is -1.42. The highest BCUT2D eigenvalue weighted by Gasteiger charge is 2.33. The van der Waals surface area contributed by atoms with Crippen LogP contribution in [0.1, 0.15) is 50.2 Å². The molecule has 2 amide bonds. The van der Waals surface area contributed by atoms with Crippen LogP contribution in [0.5, 0.6) is 0 Å². The third-order valence-corrected chi connectivity index (χ3v) is 9.43. The first-order valence-corrected chi connectivity index (χ1v) is 15.6. The lowest BCUT2D eigenvalue weighted by Gasteiger charge is -2.33. The van der Waals surface area contributed by atoms with E-state index in [1.807, 2.05) is 6.92 Å². The van der Waals surface area contributed by atoms with Crippen molar-refractivity contribution in [2.75, 3.05) is 10.8 Å². The molecule has 1 atom stereocenters. The third-order valence-electron chi connectivity index (χ3n) is 7.39. The predicted octanol–water partition coefficient (Wildman–Crippen LogP) is 5.85. The third kappa shape index (κ3) is 7.86. The van der Waals surface area contributed by atoms with Crippen LogP contribution in [-0.2, 0) is 26.2 Å². The summed E-state index contributed by atoms with van der Waals surface area (Å²) in [5.41, 5.74) is 1.93. The fourth-order valence-corrected chi connectivity index (χ4v) is 6.45. The van der Waals surface area contributed by atoms with Gasteiger partial charge in [0.15, 0.2) is 0 Å². The van der Waals surface area contributed by atoms with Gasteiger partial charge in [-0.15, -0.1) is 0 Å². The molecule has 3 aromatic carbocycles. The lowest BCUT2D eigenvalue weighted by molar-refractivity contribution is -0.139. The summed E-state index contributed by atoms with van der Waals surface area (Å²) in [4.78, 5) is 28.6. The van der Waals surface area contributed by atoms with Gasteiger partial charge in [0.2, 0.25) is 11.8 Å². The Morgan fingerprint density at radius 3 is 2.17 bits per heavy atom. The zero-order valence-corrected chi connectivity index (χ0v) is 24.8. The van der Waals surface area contributed by atoms with E-state index in [1.165, 1.54) is 17.0 Å². The summed E-state index contributed by atoms with van der Waals surface area (Å²) in [7, 11) is -4.26. The summed E-state index contributed by atoms with van der Waals surface area (Å²) in [6, 6.07) is 17.3. The molecule has 41 heavy (non-hydrogen) atoms. The molecule has 4 rings (SSSR count). The van der Waals surface area contributed by atoms with Crippen molar-refractivity contribution in [2.45, 2.75) is 69.5 Å². The van der Waals surface area contributed by atoms with Crippen molar-refractivity contribution >= 4 is 39.1 Å². The minimum Gasteiger partial charge on any atom is -0.352 e. The summed E-state index contributed by atoms with van der Waals surface area (Å²) in [5, 5.41) is 3.61. The zero-order valence-electron chi connectivity index (χ0n) is 23.2. The van der Waals surface area contributed by atoms with E-state index in [2.05, 4.69) is 5.32 Å². The van der Waals surface area contributed by atoms with Crippen molar-refractivity contribution in [3.63, 3.8) is 0 Å². The van der Waals surface area contributed by atoms with Gasteiger partial charge in [0.1, 0.15) is 18.4 Å². The second kappa shape index (κ2) is 13.5. The van der Waals surface area contributed by atoms with Crippen molar-refractivity contribution in [1.29, 1.82) is 0 Å². The van der Waals surface area contributed by atoms with Crippen molar-refractivity contribution in [3.8, 4) is 0 Å². The molecule has 0 spiro atoms. The van der Waals surface area contributed by atoms with E-state index in [1.54, 1.807) is 55.5 Å². The maximum Gasteiger partial charge on any atom is 0.264 e. The molecule has 0 radical (unpaired) electrons. The van der Waals surface area contributed by atoms with Gasteiger partial charge in [0, 0.05) is 17.6 Å². The second-order valence-electron chi connectivity index (χ2n) is 10.5. The number of amides is 2. The van der Waals surface area contributed by atoms with Crippen LogP contribution in [-0.4, -0.2) is 43.8 Å². The Hall–Kier alpha value is -3.43. The molecule has 0 unspecified atom stereocenters. The Morgan fingerprint density at radius 2 is 1.56 bits per heavy atom. The van der Waals surface area contributed by atoms with E-state index < -0.39 is 34.3 Å². The van der Waals surface area contributed by atoms with E-state index in [0.717, 1.165) is 59.7 Å². The van der Waals surface area contributed by atoms with Gasteiger partial charge < -0.3 is 10.2 Å². The van der Waals surface area contributed by atoms with Crippen LogP contribution in [0.4, 0.5) is 10.1 Å². The van der Waals surface area contributed by atoms with Gasteiger partial charge in [0.05, 0.1) is 10.6 Å². The number of aryl methyl sites for hydroxylation is 1. The average molecular weight is 600 g/mol. The monoisotopic (exact) mass is 599 g/mol. The number of anilines is 1. The molecular formula is C31H35ClFN3O4S. The molecule has 1 aliphatic carbocycles. The van der Waals surface area contributed by atoms with Gasteiger partial charge >= 0.3 is 0 Å². The minimum absolute atomic E-state index is 0.0501. The van der Waals surface area contributed by atoms with Crippen molar-refractivity contribution in [1.82, 2.24) is 10.2 Å². The van der Waals surface area contributed by atoms with Gasteiger partial charge in [-0.1, -0.05) is 60.7 Å². The van der Waals surface area contributed by atoms with Gasteiger partial charge in [0.25, 0.3) is 10.0 Å². The molecule has 0 heterocycles. The van der Waals surface area contributed by atoms with E-state index >= 15 is 0 Å². The lowest BCUT2D eigenvalue weighted by Crippen LogP contribution is -2.53. The average Bonchev–Trinajstić information content (AvgIpc) is 2.96. The Bertz CT molecular complexity index is 1440. The zero-order chi connectivity index (χ0) is 29.6. The number of nitrogens with one attached hydrogen (secondary N) is 1. The minimum atomic E-state index is -4.26. The van der Waals surface area contributed by atoms with Crippen molar-refractivity contribution in [2.24, 2.45) is 0 Å². The molecule has 218 valence electrons. The lowest BCUT2D eigenvalue weighted by atomic mass is 9.95. The summed E-state index contributed by atoms with van der Waals surface area (Å²) >= 11 is 6.06. The molecule has 1 saturated carbocycles. The van der Waals surface area contributed by atoms with Gasteiger partial charge in [-0.05, 0) is 80.8 Å². The number of carbonyl (C=O) groups excluding carboxylic acids is 2. The van der Waals surface area contributed by atoms with E-state index in [-0.39, 0.29) is 29.1 Å². The molecule has 0 aliphatic heterocycles. The Labute approximate surface area is 246 Å². The smallest absolute Gasteiger partial charge is 0.264 e. The first-order chi connectivity index (χ1) is 19.5. The first kappa shape index (κ1) is 30.5. The van der Waals surface area contributed by atoms with Crippen molar-refractivity contribution in [3.05, 3.63) is 94.8 Å². The summed E-state index contributed by atoms with van der Waals surface area (Å²) in [6.45, 7) is 3.04. The number of hydrogen-bond acceptors (Lipinski definition) is 4. The van der Waals surface area contributed by atoms with Crippen LogP contribution in [0.25, 0.3) is 0 Å². The number of nitrogens with zero attached hydrogens (tertiary/aromatic N) is 2. The Balaban J connectivity index is 1.66. The molecular weight excluding hydrogens is 565 g/mol. The van der Waals surface area contributed by atoms with E-state index in [4.69, 9.17) is 11.6 Å². The standard InChI is InChI=1S/C31H35ClFN3O4S/c1-22-8-16-28(17-9-22)36(41(39,40)29-18-14-26(33)15-19-29)21-30(37)35(20-24-10-12-25(32)13-11-24)23(2)31(38)34-27-6-4-3-5-7-27/h8-19,23,27H,3-7,20-21H2,1-2H3,(H,34,38)/t23-/m0/s1. The van der Waals surface area contributed by atoms with Crippen LogP contribution < -0.4 is 9.62 Å². The number of benzene rings is 3. The molecule has 1 N–H and O–H groups in total. The molecule has 0 saturated heterocycles. The number of halogens is 2. The van der Waals surface area contributed by atoms with E-state index in [9.17, 15) is 22.4 Å². The fraction of sp³-hybridized carbons (Fsp3) is 0.355. The molecule has 1 fully saturated rings. The van der Waals surface area contributed by atoms with Crippen LogP contribution in [0, 0.1) is 12.7 Å². The Kier molecular flexibility index (Phi) is 10.0. The number of sulfonamides is 1. The fourth-order valence-electron chi connectivity index (χ4n) is 4.91. The maximum absolute atomic E-state index is 14.0. The maximum atomic E-state index is 14.0. The van der Waals surface area contributed by atoms with Crippen LogP contribution in [0.3, 0.4) is 0 Å². The molecule has 10 heteroatoms. The number of rotatable bonds is 10. The summed E-state index contributed by atoms with van der Waals surface area (Å²) < 4.78 is 42.2. The number of hydrogen-bond donors (Lipinski definition) is 1. The highest BCUT2D eigenvalue weighted by atomic mass is 35.5. The highest BCUT2D eigenvalue weighted by Crippen LogP contribution is 2.26. The van der Waals surface area contributed by atoms with Gasteiger partial charge in [-0.25, -0.2) is 12.8 Å². The molecule has 0 bridgehead atoms. The Morgan fingerprint density at radius 1 is 0.951 bits per heavy atom. The van der Waals surface area contributed by atoms with Gasteiger partial charge in [-0.3, -0.25) is 13.9 Å². The first-order valence-electron chi connectivity index (χ1n) is 13.7. The van der Waals surface area contributed by atoms with Crippen molar-refractivity contribution < 1.29 is 22.4 Å². The molecule has 1 aliphatic rings. The molecule has 7 nitrogen and oxygen atoms in total. The number of carbonyl (C=O) groups is 2. The largest absolute Gasteiger partial charge is 0.352 e. The predicted molar refractivity (Wildman–Crippen MR) is 159 cm³/mol. The highest BCUT2D eigenvalue weighted by molar-refractivity contribution is 7.92. The molecule has 0 aromatic heterocycles. The SMILES string of the molecule is Cc1ccc(N(CC(=O)N(Cc2ccc(Cl)cc2)[C@@H](C)C(=O)NC2CCCCC2)S(=O)(=O)c2ccc(F)cc2)cc1. The quantitative estimate of drug-likeness (QED) is 0.317. The molecule has 3 aromatic rings.